The smallest absolute Gasteiger partial charge is 0.254 e. The third-order valence-electron chi connectivity index (χ3n) is 6.46. The van der Waals surface area contributed by atoms with Crippen LogP contribution >= 0.6 is 0 Å². The Hall–Kier alpha value is -2.84. The maximum Gasteiger partial charge on any atom is 0.254 e. The molecule has 1 N–H and O–H groups in total. The van der Waals surface area contributed by atoms with Crippen molar-refractivity contribution in [3.05, 3.63) is 59.2 Å². The molecule has 2 aromatic rings. The summed E-state index contributed by atoms with van der Waals surface area (Å²) in [7, 11) is 0. The van der Waals surface area contributed by atoms with Crippen molar-refractivity contribution in [1.29, 1.82) is 0 Å². The van der Waals surface area contributed by atoms with E-state index in [1.165, 1.54) is 0 Å². The zero-order valence-corrected chi connectivity index (χ0v) is 17.5. The largest absolute Gasteiger partial charge is 0.368 e. The van der Waals surface area contributed by atoms with Gasteiger partial charge in [-0.25, -0.2) is 9.97 Å². The third kappa shape index (κ3) is 3.70. The van der Waals surface area contributed by atoms with Crippen molar-refractivity contribution >= 4 is 11.8 Å². The second-order valence-corrected chi connectivity index (χ2v) is 8.40. The second kappa shape index (κ2) is 8.01. The summed E-state index contributed by atoms with van der Waals surface area (Å²) >= 11 is 0. The highest BCUT2D eigenvalue weighted by Gasteiger charge is 2.45. The van der Waals surface area contributed by atoms with Gasteiger partial charge < -0.3 is 19.7 Å². The standard InChI is InChI=1S/C23H26N4O4/c1-15-24-13-17-7-12-31-23(21(17)25-15)8-10-27(11-9-23)22(29)20-19(26-18(28)14-30-20)16-5-3-2-4-6-16/h2-6,13,19-20H,7-12,14H2,1H3,(H,26,28)/t19-,20+/m1/s1. The van der Waals surface area contributed by atoms with Gasteiger partial charge >= 0.3 is 0 Å². The fourth-order valence-electron chi connectivity index (χ4n) is 4.83. The van der Waals surface area contributed by atoms with Crippen LogP contribution in [-0.2, 0) is 31.1 Å². The van der Waals surface area contributed by atoms with Gasteiger partial charge in [-0.15, -0.1) is 0 Å². The third-order valence-corrected chi connectivity index (χ3v) is 6.46. The predicted octanol–water partition coefficient (Wildman–Crippen LogP) is 1.43. The lowest BCUT2D eigenvalue weighted by molar-refractivity contribution is -0.161. The molecule has 0 bridgehead atoms. The van der Waals surface area contributed by atoms with Crippen LogP contribution in [0.4, 0.5) is 0 Å². The molecule has 8 nitrogen and oxygen atoms in total. The second-order valence-electron chi connectivity index (χ2n) is 8.40. The van der Waals surface area contributed by atoms with Crippen LogP contribution in [0.3, 0.4) is 0 Å². The van der Waals surface area contributed by atoms with Gasteiger partial charge in [-0.1, -0.05) is 30.3 Å². The number of likely N-dealkylation sites (tertiary alicyclic amines) is 1. The lowest BCUT2D eigenvalue weighted by Gasteiger charge is -2.45. The summed E-state index contributed by atoms with van der Waals surface area (Å²) in [4.78, 5) is 36.2. The van der Waals surface area contributed by atoms with Gasteiger partial charge in [0.2, 0.25) is 5.91 Å². The Morgan fingerprint density at radius 2 is 2.00 bits per heavy atom. The lowest BCUT2D eigenvalue weighted by Crippen LogP contribution is -2.56. The van der Waals surface area contributed by atoms with Gasteiger partial charge in [-0.05, 0) is 37.3 Å². The number of morpholine rings is 1. The first-order valence-electron chi connectivity index (χ1n) is 10.8. The zero-order valence-electron chi connectivity index (χ0n) is 17.5. The van der Waals surface area contributed by atoms with E-state index in [4.69, 9.17) is 14.5 Å². The molecule has 8 heteroatoms. The van der Waals surface area contributed by atoms with E-state index in [1.54, 1.807) is 0 Å². The summed E-state index contributed by atoms with van der Waals surface area (Å²) < 4.78 is 12.0. The van der Waals surface area contributed by atoms with Gasteiger partial charge in [0.15, 0.2) is 6.10 Å². The van der Waals surface area contributed by atoms with Gasteiger partial charge in [0.1, 0.15) is 18.0 Å². The number of ether oxygens (including phenoxy) is 2. The van der Waals surface area contributed by atoms with Crippen molar-refractivity contribution in [2.24, 2.45) is 0 Å². The number of fused-ring (bicyclic) bond motifs is 2. The Labute approximate surface area is 181 Å². The monoisotopic (exact) mass is 422 g/mol. The number of nitrogens with one attached hydrogen (secondary N) is 1. The summed E-state index contributed by atoms with van der Waals surface area (Å²) in [5.41, 5.74) is 2.51. The number of rotatable bonds is 2. The first-order valence-corrected chi connectivity index (χ1v) is 10.8. The van der Waals surface area contributed by atoms with E-state index in [9.17, 15) is 9.59 Å². The first kappa shape index (κ1) is 20.1. The van der Waals surface area contributed by atoms with E-state index < -0.39 is 17.7 Å². The number of nitrogens with zero attached hydrogens (tertiary/aromatic N) is 3. The van der Waals surface area contributed by atoms with Crippen LogP contribution in [0.5, 0.6) is 0 Å². The molecule has 162 valence electrons. The SMILES string of the molecule is Cc1ncc2c(n1)C1(CCN(C(=O)[C@H]3OCC(=O)N[C@@H]3c3ccccc3)CC1)OCC2. The Bertz CT molecular complexity index is 988. The minimum absolute atomic E-state index is 0.0985. The quantitative estimate of drug-likeness (QED) is 0.787. The van der Waals surface area contributed by atoms with E-state index in [2.05, 4.69) is 10.3 Å². The summed E-state index contributed by atoms with van der Waals surface area (Å²) in [6.07, 6.45) is 3.34. The predicted molar refractivity (Wildman–Crippen MR) is 111 cm³/mol. The van der Waals surface area contributed by atoms with Gasteiger partial charge in [-0.2, -0.15) is 0 Å². The van der Waals surface area contributed by atoms with Crippen LogP contribution in [0.2, 0.25) is 0 Å². The van der Waals surface area contributed by atoms with Crippen LogP contribution in [-0.4, -0.2) is 59.1 Å². The first-order chi connectivity index (χ1) is 15.1. The number of carbonyl (C=O) groups is 2. The van der Waals surface area contributed by atoms with Gasteiger partial charge in [0.25, 0.3) is 5.91 Å². The van der Waals surface area contributed by atoms with E-state index in [0.717, 1.165) is 29.1 Å². The lowest BCUT2D eigenvalue weighted by atomic mass is 9.83. The van der Waals surface area contributed by atoms with Gasteiger partial charge in [-0.3, -0.25) is 9.59 Å². The minimum Gasteiger partial charge on any atom is -0.368 e. The van der Waals surface area contributed by atoms with Crippen molar-refractivity contribution in [2.45, 2.75) is 43.9 Å². The zero-order chi connectivity index (χ0) is 21.4. The molecule has 3 aliphatic heterocycles. The molecule has 2 fully saturated rings. The molecule has 1 spiro atoms. The molecule has 5 rings (SSSR count). The van der Waals surface area contributed by atoms with E-state index in [0.29, 0.717) is 32.5 Å². The van der Waals surface area contributed by atoms with Crippen molar-refractivity contribution in [3.63, 3.8) is 0 Å². The molecule has 0 aliphatic carbocycles. The molecular weight excluding hydrogens is 396 g/mol. The maximum absolute atomic E-state index is 13.4. The highest BCUT2D eigenvalue weighted by atomic mass is 16.5. The Morgan fingerprint density at radius 3 is 2.77 bits per heavy atom. The molecule has 1 aromatic heterocycles. The topological polar surface area (TPSA) is 93.7 Å². The fourth-order valence-corrected chi connectivity index (χ4v) is 4.83. The Morgan fingerprint density at radius 1 is 1.23 bits per heavy atom. The van der Waals surface area contributed by atoms with Crippen molar-refractivity contribution in [3.8, 4) is 0 Å². The number of amides is 2. The van der Waals surface area contributed by atoms with Gasteiger partial charge in [0.05, 0.1) is 18.3 Å². The Kier molecular flexibility index (Phi) is 5.19. The average molecular weight is 422 g/mol. The molecule has 1 aromatic carbocycles. The van der Waals surface area contributed by atoms with E-state index in [1.807, 2.05) is 48.4 Å². The van der Waals surface area contributed by atoms with Crippen LogP contribution in [0.25, 0.3) is 0 Å². The average Bonchev–Trinajstić information content (AvgIpc) is 2.80. The number of aromatic nitrogens is 2. The molecule has 4 heterocycles. The van der Waals surface area contributed by atoms with Crippen LogP contribution in [0, 0.1) is 6.92 Å². The molecule has 0 unspecified atom stereocenters. The molecule has 3 aliphatic rings. The normalized spacial score (nSPS) is 25.1. The molecule has 2 saturated heterocycles. The van der Waals surface area contributed by atoms with Crippen LogP contribution in [0.15, 0.2) is 36.5 Å². The molecule has 2 atom stereocenters. The molecule has 0 radical (unpaired) electrons. The van der Waals surface area contributed by atoms with Gasteiger partial charge in [0, 0.05) is 19.3 Å². The van der Waals surface area contributed by atoms with Crippen molar-refractivity contribution < 1.29 is 19.1 Å². The number of aryl methyl sites for hydroxylation is 1. The number of benzene rings is 1. The number of carbonyl (C=O) groups excluding carboxylic acids is 2. The summed E-state index contributed by atoms with van der Waals surface area (Å²) in [6, 6.07) is 9.00. The highest BCUT2D eigenvalue weighted by Crippen LogP contribution is 2.40. The van der Waals surface area contributed by atoms with Crippen molar-refractivity contribution in [2.75, 3.05) is 26.3 Å². The fraction of sp³-hybridized carbons (Fsp3) is 0.478. The highest BCUT2D eigenvalue weighted by molar-refractivity contribution is 5.86. The number of hydrogen-bond donors (Lipinski definition) is 1. The molecule has 2 amide bonds. The summed E-state index contributed by atoms with van der Waals surface area (Å²) in [6.45, 7) is 3.53. The van der Waals surface area contributed by atoms with Crippen LogP contribution in [0.1, 0.15) is 41.5 Å². The van der Waals surface area contributed by atoms with E-state index >= 15 is 0 Å². The molecule has 0 saturated carbocycles. The summed E-state index contributed by atoms with van der Waals surface area (Å²) in [5.74, 6) is 0.426. The number of hydrogen-bond acceptors (Lipinski definition) is 6. The van der Waals surface area contributed by atoms with Crippen molar-refractivity contribution in [1.82, 2.24) is 20.2 Å². The molecule has 31 heavy (non-hydrogen) atoms. The summed E-state index contributed by atoms with van der Waals surface area (Å²) in [5, 5.41) is 2.93. The Balaban J connectivity index is 1.33. The number of piperidine rings is 1. The van der Waals surface area contributed by atoms with E-state index in [-0.39, 0.29) is 18.4 Å². The minimum atomic E-state index is -0.738. The van der Waals surface area contributed by atoms with Crippen LogP contribution < -0.4 is 5.32 Å². The molecular formula is C23H26N4O4. The maximum atomic E-state index is 13.4.